The molecule has 0 saturated carbocycles. The molecule has 0 fully saturated rings. The first-order chi connectivity index (χ1) is 3.66. The quantitative estimate of drug-likeness (QED) is 0.553. The van der Waals surface area contributed by atoms with Crippen molar-refractivity contribution in [3.63, 3.8) is 0 Å². The van der Waals surface area contributed by atoms with Crippen LogP contribution in [0.4, 0.5) is 0 Å². The van der Waals surface area contributed by atoms with Crippen LogP contribution in [0.15, 0.2) is 0 Å². The SMILES string of the molecule is CCS(=O)CC(N)=O. The average molecular weight is 135 g/mol. The van der Waals surface area contributed by atoms with E-state index in [-0.39, 0.29) is 5.75 Å². The number of rotatable bonds is 3. The molecule has 0 heterocycles. The van der Waals surface area contributed by atoms with Gasteiger partial charge in [0.1, 0.15) is 5.75 Å². The molecule has 2 N–H and O–H groups in total. The molecule has 0 aliphatic heterocycles. The van der Waals surface area contributed by atoms with Crippen LogP contribution in [-0.2, 0) is 15.6 Å². The minimum atomic E-state index is -1.03. The molecular formula is C4H9NO2S. The van der Waals surface area contributed by atoms with Gasteiger partial charge in [-0.15, -0.1) is 0 Å². The van der Waals surface area contributed by atoms with Gasteiger partial charge >= 0.3 is 0 Å². The molecule has 4 heteroatoms. The second kappa shape index (κ2) is 3.60. The van der Waals surface area contributed by atoms with Gasteiger partial charge in [-0.2, -0.15) is 0 Å². The van der Waals surface area contributed by atoms with Gasteiger partial charge in [0.05, 0.1) is 0 Å². The molecule has 1 amide bonds. The van der Waals surface area contributed by atoms with E-state index in [0.29, 0.717) is 5.75 Å². The number of carbonyl (C=O) groups excluding carboxylic acids is 1. The van der Waals surface area contributed by atoms with Crippen LogP contribution in [0.1, 0.15) is 6.92 Å². The maximum atomic E-state index is 10.4. The molecule has 1 unspecified atom stereocenters. The number of hydrogen-bond donors (Lipinski definition) is 1. The molecule has 1 atom stereocenters. The monoisotopic (exact) mass is 135 g/mol. The zero-order valence-corrected chi connectivity index (χ0v) is 5.53. The molecule has 48 valence electrons. The molecule has 0 radical (unpaired) electrons. The zero-order chi connectivity index (χ0) is 6.57. The summed E-state index contributed by atoms with van der Waals surface area (Å²) in [5.74, 6) is 0.00424. The Hall–Kier alpha value is -0.380. The van der Waals surface area contributed by atoms with Crippen molar-refractivity contribution >= 4 is 16.7 Å². The maximum Gasteiger partial charge on any atom is 0.230 e. The second-order valence-electron chi connectivity index (χ2n) is 1.34. The predicted molar refractivity (Wildman–Crippen MR) is 32.7 cm³/mol. The third-order valence-corrected chi connectivity index (χ3v) is 1.88. The van der Waals surface area contributed by atoms with E-state index in [1.165, 1.54) is 0 Å². The molecule has 0 rings (SSSR count). The van der Waals surface area contributed by atoms with E-state index in [0.717, 1.165) is 0 Å². The van der Waals surface area contributed by atoms with Crippen LogP contribution in [0, 0.1) is 0 Å². The Kier molecular flexibility index (Phi) is 3.43. The van der Waals surface area contributed by atoms with Gasteiger partial charge in [0, 0.05) is 16.6 Å². The van der Waals surface area contributed by atoms with Crippen LogP contribution < -0.4 is 5.73 Å². The topological polar surface area (TPSA) is 60.2 Å². The molecular weight excluding hydrogens is 126 g/mol. The summed E-state index contributed by atoms with van der Waals surface area (Å²) >= 11 is 0. The van der Waals surface area contributed by atoms with Crippen LogP contribution in [0.2, 0.25) is 0 Å². The van der Waals surface area contributed by atoms with Crippen LogP contribution in [0.3, 0.4) is 0 Å². The van der Waals surface area contributed by atoms with E-state index in [9.17, 15) is 9.00 Å². The largest absolute Gasteiger partial charge is 0.369 e. The maximum absolute atomic E-state index is 10.4. The standard InChI is InChI=1S/C4H9NO2S/c1-2-8(7)3-4(5)6/h2-3H2,1H3,(H2,5,6). The Bertz CT molecular complexity index is 113. The highest BCUT2D eigenvalue weighted by molar-refractivity contribution is 7.85. The summed E-state index contributed by atoms with van der Waals surface area (Å²) in [6.07, 6.45) is 0. The highest BCUT2D eigenvalue weighted by atomic mass is 32.2. The van der Waals surface area contributed by atoms with E-state index in [2.05, 4.69) is 0 Å². The Morgan fingerprint density at radius 3 is 2.38 bits per heavy atom. The van der Waals surface area contributed by atoms with Crippen molar-refractivity contribution in [3.05, 3.63) is 0 Å². The average Bonchev–Trinajstić information content (AvgIpc) is 1.65. The second-order valence-corrected chi connectivity index (χ2v) is 3.08. The lowest BCUT2D eigenvalue weighted by Crippen LogP contribution is -2.19. The lowest BCUT2D eigenvalue weighted by atomic mass is 10.8. The summed E-state index contributed by atoms with van der Waals surface area (Å²) in [6, 6.07) is 0. The van der Waals surface area contributed by atoms with Gasteiger partial charge in [-0.3, -0.25) is 9.00 Å². The minimum Gasteiger partial charge on any atom is -0.369 e. The van der Waals surface area contributed by atoms with E-state index >= 15 is 0 Å². The highest BCUT2D eigenvalue weighted by Crippen LogP contribution is 1.77. The van der Waals surface area contributed by atoms with Crippen molar-refractivity contribution in [2.24, 2.45) is 5.73 Å². The summed E-state index contributed by atoms with van der Waals surface area (Å²) in [5, 5.41) is 0. The van der Waals surface area contributed by atoms with Gasteiger partial charge in [0.25, 0.3) is 0 Å². The summed E-state index contributed by atoms with van der Waals surface area (Å²) in [6.45, 7) is 1.75. The van der Waals surface area contributed by atoms with Crippen LogP contribution in [0.5, 0.6) is 0 Å². The first-order valence-corrected chi connectivity index (χ1v) is 3.79. The number of carbonyl (C=O) groups is 1. The van der Waals surface area contributed by atoms with Crippen LogP contribution in [0.25, 0.3) is 0 Å². The molecule has 0 aliphatic carbocycles. The lowest BCUT2D eigenvalue weighted by molar-refractivity contribution is -0.115. The van der Waals surface area contributed by atoms with Crippen molar-refractivity contribution in [1.82, 2.24) is 0 Å². The third kappa shape index (κ3) is 3.80. The predicted octanol–water partition coefficient (Wildman–Crippen LogP) is -0.760. The van der Waals surface area contributed by atoms with Gasteiger partial charge in [-0.25, -0.2) is 0 Å². The molecule has 0 bridgehead atoms. The van der Waals surface area contributed by atoms with Gasteiger partial charge in [-0.1, -0.05) is 6.92 Å². The fourth-order valence-corrected chi connectivity index (χ4v) is 0.782. The van der Waals surface area contributed by atoms with Gasteiger partial charge in [0.2, 0.25) is 5.91 Å². The fourth-order valence-electron chi connectivity index (χ4n) is 0.261. The van der Waals surface area contributed by atoms with Crippen molar-refractivity contribution < 1.29 is 9.00 Å². The van der Waals surface area contributed by atoms with E-state index in [1.54, 1.807) is 6.92 Å². The van der Waals surface area contributed by atoms with Gasteiger partial charge in [-0.05, 0) is 0 Å². The smallest absolute Gasteiger partial charge is 0.230 e. The third-order valence-electron chi connectivity index (χ3n) is 0.625. The summed E-state index contributed by atoms with van der Waals surface area (Å²) in [4.78, 5) is 10.00. The molecule has 0 aromatic carbocycles. The van der Waals surface area contributed by atoms with Gasteiger partial charge in [0.15, 0.2) is 0 Å². The lowest BCUT2D eigenvalue weighted by Gasteiger charge is -1.89. The Morgan fingerprint density at radius 2 is 2.25 bits per heavy atom. The van der Waals surface area contributed by atoms with Crippen molar-refractivity contribution in [3.8, 4) is 0 Å². The molecule has 0 saturated heterocycles. The fraction of sp³-hybridized carbons (Fsp3) is 0.750. The Morgan fingerprint density at radius 1 is 1.75 bits per heavy atom. The molecule has 0 spiro atoms. The van der Waals surface area contributed by atoms with E-state index < -0.39 is 16.7 Å². The highest BCUT2D eigenvalue weighted by Gasteiger charge is 1.98. The molecule has 0 aliphatic rings. The Balaban J connectivity index is 3.40. The van der Waals surface area contributed by atoms with E-state index in [1.807, 2.05) is 0 Å². The van der Waals surface area contributed by atoms with Crippen molar-refractivity contribution in [2.45, 2.75) is 6.92 Å². The first-order valence-electron chi connectivity index (χ1n) is 2.30. The number of amides is 1. The number of hydrogen-bond acceptors (Lipinski definition) is 2. The molecule has 0 aromatic rings. The van der Waals surface area contributed by atoms with Crippen molar-refractivity contribution in [2.75, 3.05) is 11.5 Å². The van der Waals surface area contributed by atoms with Crippen LogP contribution in [-0.4, -0.2) is 21.6 Å². The number of primary amides is 1. The summed E-state index contributed by atoms with van der Waals surface area (Å²) in [7, 11) is -1.03. The van der Waals surface area contributed by atoms with E-state index in [4.69, 9.17) is 5.73 Å². The van der Waals surface area contributed by atoms with Crippen molar-refractivity contribution in [1.29, 1.82) is 0 Å². The minimum absolute atomic E-state index is 0.00347. The number of nitrogens with two attached hydrogens (primary N) is 1. The van der Waals surface area contributed by atoms with Crippen LogP contribution >= 0.6 is 0 Å². The molecule has 8 heavy (non-hydrogen) atoms. The molecule has 0 aromatic heterocycles. The summed E-state index contributed by atoms with van der Waals surface area (Å²) < 4.78 is 10.4. The molecule has 3 nitrogen and oxygen atoms in total. The summed E-state index contributed by atoms with van der Waals surface area (Å²) in [5.41, 5.74) is 4.74. The zero-order valence-electron chi connectivity index (χ0n) is 4.72. The Labute approximate surface area is 50.7 Å². The van der Waals surface area contributed by atoms with Gasteiger partial charge < -0.3 is 5.73 Å². The normalized spacial score (nSPS) is 13.1. The first kappa shape index (κ1) is 7.62.